The molecule has 1 N–H and O–H groups in total. The summed E-state index contributed by atoms with van der Waals surface area (Å²) < 4.78 is 2.44. The predicted octanol–water partition coefficient (Wildman–Crippen LogP) is 5.98. The maximum absolute atomic E-state index is 10.4. The molecule has 0 amide bonds. The highest BCUT2D eigenvalue weighted by Gasteiger charge is 2.09. The second-order valence-electron chi connectivity index (χ2n) is 5.93. The van der Waals surface area contributed by atoms with E-state index in [2.05, 4.69) is 30.1 Å². The minimum absolute atomic E-state index is 0.315. The Labute approximate surface area is 146 Å². The molecule has 1 aromatic heterocycles. The summed E-state index contributed by atoms with van der Waals surface area (Å²) >= 11 is 3.67. The highest BCUT2D eigenvalue weighted by Crippen LogP contribution is 2.33. The molecule has 0 aliphatic rings. The zero-order valence-electron chi connectivity index (χ0n) is 13.7. The molecule has 126 valence electrons. The van der Waals surface area contributed by atoms with Gasteiger partial charge in [-0.1, -0.05) is 62.9 Å². The van der Waals surface area contributed by atoms with E-state index in [1.165, 1.54) is 34.7 Å². The van der Waals surface area contributed by atoms with Gasteiger partial charge in [-0.3, -0.25) is 4.79 Å². The normalized spacial score (nSPS) is 12.6. The molecule has 0 fully saturated rings. The molecule has 0 saturated heterocycles. The van der Waals surface area contributed by atoms with Crippen LogP contribution >= 0.6 is 23.1 Å². The number of fused-ring (bicyclic) bond motifs is 1. The third-order valence-corrected chi connectivity index (χ3v) is 6.13. The first-order valence-electron chi connectivity index (χ1n) is 8.39. The Morgan fingerprint density at radius 2 is 1.87 bits per heavy atom. The van der Waals surface area contributed by atoms with E-state index in [1.54, 1.807) is 11.3 Å². The molecule has 3 nitrogen and oxygen atoms in total. The van der Waals surface area contributed by atoms with E-state index in [0.717, 1.165) is 24.8 Å². The molecular formula is C18H25NO2S2. The lowest BCUT2D eigenvalue weighted by Crippen LogP contribution is -1.96. The van der Waals surface area contributed by atoms with Crippen molar-refractivity contribution in [1.29, 1.82) is 0 Å². The Morgan fingerprint density at radius 3 is 2.61 bits per heavy atom. The molecule has 0 saturated carbocycles. The SMILES string of the molecule is CC(CCCCCCCCC(=O)O)Sc1nc2ccccc2s1. The summed E-state index contributed by atoms with van der Waals surface area (Å²) in [7, 11) is 0. The zero-order chi connectivity index (χ0) is 16.5. The Hall–Kier alpha value is -1.07. The fraction of sp³-hybridized carbons (Fsp3) is 0.556. The number of carbonyl (C=O) groups is 1. The van der Waals surface area contributed by atoms with Crippen LogP contribution in [0.15, 0.2) is 28.6 Å². The molecular weight excluding hydrogens is 326 g/mol. The maximum Gasteiger partial charge on any atom is 0.303 e. The van der Waals surface area contributed by atoms with Gasteiger partial charge in [0, 0.05) is 11.7 Å². The van der Waals surface area contributed by atoms with Crippen LogP contribution in [0.2, 0.25) is 0 Å². The van der Waals surface area contributed by atoms with Crippen LogP contribution in [0.1, 0.15) is 58.3 Å². The standard InChI is InChI=1S/C18H25NO2S2/c1-14(10-6-4-2-3-5-7-13-17(20)21)22-18-19-15-11-8-9-12-16(15)23-18/h8-9,11-12,14H,2-7,10,13H2,1H3,(H,20,21). The number of carboxylic acid groups (broad SMARTS) is 1. The average molecular weight is 352 g/mol. The lowest BCUT2D eigenvalue weighted by atomic mass is 10.1. The van der Waals surface area contributed by atoms with Crippen LogP contribution in [0.3, 0.4) is 0 Å². The molecule has 0 aliphatic carbocycles. The van der Waals surface area contributed by atoms with Crippen LogP contribution < -0.4 is 0 Å². The first kappa shape index (κ1) is 18.3. The number of rotatable bonds is 11. The van der Waals surface area contributed by atoms with Gasteiger partial charge in [0.25, 0.3) is 0 Å². The molecule has 1 heterocycles. The van der Waals surface area contributed by atoms with E-state index in [9.17, 15) is 4.79 Å². The first-order chi connectivity index (χ1) is 11.1. The van der Waals surface area contributed by atoms with Crippen molar-refractivity contribution in [3.63, 3.8) is 0 Å². The Kier molecular flexibility index (Phi) is 7.89. The number of aliphatic carboxylic acids is 1. The van der Waals surface area contributed by atoms with Crippen molar-refractivity contribution in [3.05, 3.63) is 24.3 Å². The predicted molar refractivity (Wildman–Crippen MR) is 99.5 cm³/mol. The minimum Gasteiger partial charge on any atom is -0.481 e. The third kappa shape index (κ3) is 6.92. The van der Waals surface area contributed by atoms with Crippen LogP contribution in [-0.2, 0) is 4.79 Å². The molecule has 0 bridgehead atoms. The molecule has 0 radical (unpaired) electrons. The molecule has 2 rings (SSSR count). The zero-order valence-corrected chi connectivity index (χ0v) is 15.3. The summed E-state index contributed by atoms with van der Waals surface area (Å²) in [4.78, 5) is 15.1. The topological polar surface area (TPSA) is 50.2 Å². The van der Waals surface area contributed by atoms with E-state index >= 15 is 0 Å². The van der Waals surface area contributed by atoms with E-state index < -0.39 is 5.97 Å². The summed E-state index contributed by atoms with van der Waals surface area (Å²) in [6.45, 7) is 2.28. The fourth-order valence-corrected chi connectivity index (χ4v) is 4.98. The van der Waals surface area contributed by atoms with Gasteiger partial charge in [-0.05, 0) is 25.0 Å². The molecule has 0 aliphatic heterocycles. The summed E-state index contributed by atoms with van der Waals surface area (Å²) in [6.07, 6.45) is 8.27. The number of thiazole rings is 1. The van der Waals surface area contributed by atoms with Crippen LogP contribution in [0, 0.1) is 0 Å². The van der Waals surface area contributed by atoms with Gasteiger partial charge in [-0.25, -0.2) is 4.98 Å². The van der Waals surface area contributed by atoms with E-state index in [4.69, 9.17) is 5.11 Å². The van der Waals surface area contributed by atoms with Crippen LogP contribution in [0.4, 0.5) is 0 Å². The summed E-state index contributed by atoms with van der Waals surface area (Å²) in [5, 5.41) is 9.18. The molecule has 23 heavy (non-hydrogen) atoms. The van der Waals surface area contributed by atoms with Crippen molar-refractivity contribution < 1.29 is 9.90 Å². The van der Waals surface area contributed by atoms with Gasteiger partial charge in [0.05, 0.1) is 10.2 Å². The molecule has 5 heteroatoms. The lowest BCUT2D eigenvalue weighted by Gasteiger charge is -2.08. The van der Waals surface area contributed by atoms with Gasteiger partial charge in [0.2, 0.25) is 0 Å². The largest absolute Gasteiger partial charge is 0.481 e. The van der Waals surface area contributed by atoms with Gasteiger partial charge >= 0.3 is 5.97 Å². The second-order valence-corrected chi connectivity index (χ2v) is 8.65. The van der Waals surface area contributed by atoms with Crippen LogP contribution in [0.5, 0.6) is 0 Å². The highest BCUT2D eigenvalue weighted by atomic mass is 32.2. The van der Waals surface area contributed by atoms with E-state index in [1.807, 2.05) is 17.8 Å². The van der Waals surface area contributed by atoms with E-state index in [-0.39, 0.29) is 0 Å². The van der Waals surface area contributed by atoms with Crippen molar-refractivity contribution >= 4 is 39.3 Å². The van der Waals surface area contributed by atoms with Crippen molar-refractivity contribution in [2.75, 3.05) is 0 Å². The minimum atomic E-state index is -0.675. The lowest BCUT2D eigenvalue weighted by molar-refractivity contribution is -0.137. The number of para-hydroxylation sites is 1. The van der Waals surface area contributed by atoms with Gasteiger partial charge in [-0.2, -0.15) is 0 Å². The number of benzene rings is 1. The second kappa shape index (κ2) is 9.93. The molecule has 1 unspecified atom stereocenters. The Bertz CT molecular complexity index is 579. The number of thioether (sulfide) groups is 1. The number of aromatic nitrogens is 1. The van der Waals surface area contributed by atoms with Crippen LogP contribution in [-0.4, -0.2) is 21.3 Å². The van der Waals surface area contributed by atoms with Gasteiger partial charge in [0.15, 0.2) is 4.34 Å². The smallest absolute Gasteiger partial charge is 0.303 e. The van der Waals surface area contributed by atoms with Gasteiger partial charge < -0.3 is 5.11 Å². The Morgan fingerprint density at radius 1 is 1.17 bits per heavy atom. The van der Waals surface area contributed by atoms with Crippen molar-refractivity contribution in [3.8, 4) is 0 Å². The summed E-state index contributed by atoms with van der Waals surface area (Å²) in [6, 6.07) is 8.31. The molecule has 0 spiro atoms. The Balaban J connectivity index is 1.56. The van der Waals surface area contributed by atoms with Gasteiger partial charge in [-0.15, -0.1) is 11.3 Å². The fourth-order valence-electron chi connectivity index (χ4n) is 2.55. The maximum atomic E-state index is 10.4. The summed E-state index contributed by atoms with van der Waals surface area (Å²) in [5.41, 5.74) is 1.11. The van der Waals surface area contributed by atoms with E-state index in [0.29, 0.717) is 11.7 Å². The van der Waals surface area contributed by atoms with Crippen molar-refractivity contribution in [2.24, 2.45) is 0 Å². The molecule has 1 aromatic carbocycles. The van der Waals surface area contributed by atoms with Crippen LogP contribution in [0.25, 0.3) is 10.2 Å². The first-order valence-corrected chi connectivity index (χ1v) is 10.1. The van der Waals surface area contributed by atoms with Gasteiger partial charge in [0.1, 0.15) is 0 Å². The highest BCUT2D eigenvalue weighted by molar-refractivity contribution is 8.01. The molecule has 1 atom stereocenters. The monoisotopic (exact) mass is 351 g/mol. The number of nitrogens with zero attached hydrogens (tertiary/aromatic N) is 1. The summed E-state index contributed by atoms with van der Waals surface area (Å²) in [5.74, 6) is -0.675. The number of hydrogen-bond acceptors (Lipinski definition) is 4. The molecule has 2 aromatic rings. The number of unbranched alkanes of at least 4 members (excludes halogenated alkanes) is 5. The third-order valence-electron chi connectivity index (χ3n) is 3.83. The van der Waals surface area contributed by atoms with Crippen molar-refractivity contribution in [1.82, 2.24) is 4.98 Å². The number of hydrogen-bond donors (Lipinski definition) is 1. The van der Waals surface area contributed by atoms with Crippen molar-refractivity contribution in [2.45, 2.75) is 67.9 Å². The average Bonchev–Trinajstić information content (AvgIpc) is 2.91. The quantitative estimate of drug-likeness (QED) is 0.399. The number of carboxylic acids is 1.